The molecule has 1 aromatic carbocycles. The smallest absolute Gasteiger partial charge is 0.242 e. The second-order valence-electron chi connectivity index (χ2n) is 7.29. The van der Waals surface area contributed by atoms with Crippen molar-refractivity contribution < 1.29 is 19.1 Å². The Hall–Kier alpha value is -1.83. The maximum absolute atomic E-state index is 12.7. The summed E-state index contributed by atoms with van der Waals surface area (Å²) in [6.07, 6.45) is 2.30. The van der Waals surface area contributed by atoms with E-state index in [0.717, 1.165) is 11.3 Å². The molecule has 0 saturated carbocycles. The van der Waals surface area contributed by atoms with E-state index in [1.165, 1.54) is 0 Å². The molecule has 0 aromatic heterocycles. The number of rotatable bonds is 5. The van der Waals surface area contributed by atoms with E-state index in [4.69, 9.17) is 15.2 Å². The molecule has 28 heavy (non-hydrogen) atoms. The highest BCUT2D eigenvalue weighted by atomic mass is 35.5. The largest absolute Gasteiger partial charge is 0.497 e. The highest BCUT2D eigenvalue weighted by Crippen LogP contribution is 2.21. The van der Waals surface area contributed by atoms with Gasteiger partial charge in [-0.2, -0.15) is 0 Å². The minimum Gasteiger partial charge on any atom is -0.497 e. The van der Waals surface area contributed by atoms with Crippen molar-refractivity contribution in [2.45, 2.75) is 31.2 Å². The summed E-state index contributed by atoms with van der Waals surface area (Å²) in [7, 11) is 1.64. The molecule has 7 nitrogen and oxygen atoms in total. The van der Waals surface area contributed by atoms with E-state index < -0.39 is 5.54 Å². The number of nitrogens with two attached hydrogens (primary N) is 1. The van der Waals surface area contributed by atoms with Crippen LogP contribution >= 0.6 is 12.4 Å². The summed E-state index contributed by atoms with van der Waals surface area (Å²) in [5, 5.41) is 0. The van der Waals surface area contributed by atoms with Gasteiger partial charge in [-0.15, -0.1) is 12.4 Å². The number of hydrogen-bond donors (Lipinski definition) is 1. The lowest BCUT2D eigenvalue weighted by atomic mass is 9.89. The number of hydrogen-bond acceptors (Lipinski definition) is 5. The first-order chi connectivity index (χ1) is 13.0. The van der Waals surface area contributed by atoms with Crippen LogP contribution in [0.4, 0.5) is 0 Å². The molecule has 0 aliphatic carbocycles. The minimum absolute atomic E-state index is 0. The third kappa shape index (κ3) is 5.37. The minimum atomic E-state index is -0.807. The highest BCUT2D eigenvalue weighted by Gasteiger charge is 2.39. The summed E-state index contributed by atoms with van der Waals surface area (Å²) in [6, 6.07) is 7.78. The molecule has 2 heterocycles. The number of carbonyl (C=O) groups is 2. The molecule has 3 rings (SSSR count). The lowest BCUT2D eigenvalue weighted by Gasteiger charge is -2.41. The Kier molecular flexibility index (Phi) is 8.10. The second kappa shape index (κ2) is 10.1. The van der Waals surface area contributed by atoms with Crippen molar-refractivity contribution in [1.29, 1.82) is 0 Å². The number of carbonyl (C=O) groups excluding carboxylic acids is 2. The van der Waals surface area contributed by atoms with Crippen LogP contribution in [0.25, 0.3) is 0 Å². The SMILES string of the molecule is COc1ccc(CCC(=O)N2CCN(C(=O)C3(N)CCOCC3)CC2)cc1.Cl. The van der Waals surface area contributed by atoms with Crippen molar-refractivity contribution in [3.63, 3.8) is 0 Å². The summed E-state index contributed by atoms with van der Waals surface area (Å²) >= 11 is 0. The molecule has 2 amide bonds. The monoisotopic (exact) mass is 411 g/mol. The number of benzene rings is 1. The maximum atomic E-state index is 12.7. The summed E-state index contributed by atoms with van der Waals surface area (Å²) in [5.74, 6) is 0.940. The first-order valence-corrected chi connectivity index (χ1v) is 9.58. The first-order valence-electron chi connectivity index (χ1n) is 9.58. The predicted octanol–water partition coefficient (Wildman–Crippen LogP) is 1.23. The molecular weight excluding hydrogens is 382 g/mol. The summed E-state index contributed by atoms with van der Waals surface area (Å²) in [4.78, 5) is 28.9. The van der Waals surface area contributed by atoms with Gasteiger partial charge in [-0.1, -0.05) is 12.1 Å². The molecule has 0 atom stereocenters. The van der Waals surface area contributed by atoms with E-state index >= 15 is 0 Å². The van der Waals surface area contributed by atoms with Crippen LogP contribution in [0.15, 0.2) is 24.3 Å². The quantitative estimate of drug-likeness (QED) is 0.787. The number of aryl methyl sites for hydroxylation is 1. The zero-order chi connectivity index (χ0) is 19.3. The van der Waals surface area contributed by atoms with Crippen molar-refractivity contribution >= 4 is 24.2 Å². The number of amides is 2. The van der Waals surface area contributed by atoms with Crippen molar-refractivity contribution in [3.8, 4) is 5.75 Å². The summed E-state index contributed by atoms with van der Waals surface area (Å²) in [6.45, 7) is 3.30. The Morgan fingerprint density at radius 1 is 1.07 bits per heavy atom. The topological polar surface area (TPSA) is 85.1 Å². The fraction of sp³-hybridized carbons (Fsp3) is 0.600. The van der Waals surface area contributed by atoms with Crippen LogP contribution in [-0.2, 0) is 20.7 Å². The van der Waals surface area contributed by atoms with Gasteiger partial charge in [0.1, 0.15) is 5.75 Å². The molecule has 0 radical (unpaired) electrons. The van der Waals surface area contributed by atoms with Gasteiger partial charge in [0, 0.05) is 45.8 Å². The number of piperazine rings is 1. The molecule has 2 fully saturated rings. The van der Waals surface area contributed by atoms with Crippen molar-refractivity contribution in [2.24, 2.45) is 5.73 Å². The van der Waals surface area contributed by atoms with Gasteiger partial charge in [-0.3, -0.25) is 9.59 Å². The fourth-order valence-corrected chi connectivity index (χ4v) is 3.62. The Balaban J connectivity index is 0.00000280. The van der Waals surface area contributed by atoms with Crippen LogP contribution in [0.5, 0.6) is 5.75 Å². The Morgan fingerprint density at radius 3 is 2.21 bits per heavy atom. The van der Waals surface area contributed by atoms with Gasteiger partial charge in [-0.05, 0) is 37.0 Å². The number of nitrogens with zero attached hydrogens (tertiary/aromatic N) is 2. The van der Waals surface area contributed by atoms with Crippen LogP contribution in [0.1, 0.15) is 24.8 Å². The average Bonchev–Trinajstić information content (AvgIpc) is 2.72. The molecule has 1 aromatic rings. The highest BCUT2D eigenvalue weighted by molar-refractivity contribution is 5.86. The van der Waals surface area contributed by atoms with Gasteiger partial charge >= 0.3 is 0 Å². The maximum Gasteiger partial charge on any atom is 0.242 e. The predicted molar refractivity (Wildman–Crippen MR) is 109 cm³/mol. The Morgan fingerprint density at radius 2 is 1.64 bits per heavy atom. The lowest BCUT2D eigenvalue weighted by Crippen LogP contribution is -2.61. The second-order valence-corrected chi connectivity index (χ2v) is 7.29. The number of ether oxygens (including phenoxy) is 2. The van der Waals surface area contributed by atoms with E-state index in [1.54, 1.807) is 12.0 Å². The molecular formula is C20H30ClN3O4. The Bertz CT molecular complexity index is 654. The van der Waals surface area contributed by atoms with Crippen LogP contribution in [0.2, 0.25) is 0 Å². The summed E-state index contributed by atoms with van der Waals surface area (Å²) in [5.41, 5.74) is 6.61. The normalized spacial score (nSPS) is 18.9. The first kappa shape index (κ1) is 22.5. The standard InChI is InChI=1S/C20H29N3O4.ClH/c1-26-17-5-2-16(3-6-17)4-7-18(24)22-10-12-23(13-11-22)19(25)20(21)8-14-27-15-9-20;/h2-3,5-6H,4,7-15,21H2,1H3;1H. The van der Waals surface area contributed by atoms with Crippen LogP contribution in [-0.4, -0.2) is 73.7 Å². The number of halogens is 1. The molecule has 156 valence electrons. The molecule has 0 spiro atoms. The van der Waals surface area contributed by atoms with Gasteiger partial charge in [0.05, 0.1) is 12.6 Å². The molecule has 2 aliphatic heterocycles. The van der Waals surface area contributed by atoms with Gasteiger partial charge in [0.25, 0.3) is 0 Å². The van der Waals surface area contributed by atoms with Gasteiger partial charge in [-0.25, -0.2) is 0 Å². The van der Waals surface area contributed by atoms with Crippen molar-refractivity contribution in [2.75, 3.05) is 46.5 Å². The molecule has 0 unspecified atom stereocenters. The molecule has 0 bridgehead atoms. The third-order valence-corrected chi connectivity index (χ3v) is 5.52. The van der Waals surface area contributed by atoms with Gasteiger partial charge in [0.15, 0.2) is 0 Å². The number of methoxy groups -OCH3 is 1. The van der Waals surface area contributed by atoms with Crippen molar-refractivity contribution in [3.05, 3.63) is 29.8 Å². The van der Waals surface area contributed by atoms with E-state index in [0.29, 0.717) is 65.1 Å². The molecule has 2 N–H and O–H groups in total. The molecule has 8 heteroatoms. The van der Waals surface area contributed by atoms with Gasteiger partial charge < -0.3 is 25.0 Å². The fourth-order valence-electron chi connectivity index (χ4n) is 3.62. The zero-order valence-corrected chi connectivity index (χ0v) is 17.2. The van der Waals surface area contributed by atoms with Crippen LogP contribution in [0.3, 0.4) is 0 Å². The van der Waals surface area contributed by atoms with E-state index in [1.807, 2.05) is 29.2 Å². The van der Waals surface area contributed by atoms with Crippen molar-refractivity contribution in [1.82, 2.24) is 9.80 Å². The van der Waals surface area contributed by atoms with Crippen LogP contribution in [0, 0.1) is 0 Å². The average molecular weight is 412 g/mol. The molecule has 2 saturated heterocycles. The van der Waals surface area contributed by atoms with Crippen LogP contribution < -0.4 is 10.5 Å². The lowest BCUT2D eigenvalue weighted by molar-refractivity contribution is -0.145. The van der Waals surface area contributed by atoms with E-state index in [9.17, 15) is 9.59 Å². The molecule has 2 aliphatic rings. The Labute approximate surface area is 172 Å². The van der Waals surface area contributed by atoms with Gasteiger partial charge in [0.2, 0.25) is 11.8 Å². The zero-order valence-electron chi connectivity index (χ0n) is 16.4. The third-order valence-electron chi connectivity index (χ3n) is 5.52. The van der Waals surface area contributed by atoms with E-state index in [-0.39, 0.29) is 24.2 Å². The summed E-state index contributed by atoms with van der Waals surface area (Å²) < 4.78 is 10.5. The van der Waals surface area contributed by atoms with E-state index in [2.05, 4.69) is 0 Å².